The number of hydrogen-bond donors (Lipinski definition) is 1. The van der Waals surface area contributed by atoms with Crippen molar-refractivity contribution in [2.24, 2.45) is 5.10 Å². The SMILES string of the molecule is CCCC(CCC)=NNC(=O)c1ccc(OC(C)C)c(OC)c1. The second-order valence-electron chi connectivity index (χ2n) is 5.65. The first kappa shape index (κ1) is 19.0. The van der Waals surface area contributed by atoms with Crippen molar-refractivity contribution in [2.45, 2.75) is 59.5 Å². The van der Waals surface area contributed by atoms with E-state index in [4.69, 9.17) is 9.47 Å². The van der Waals surface area contributed by atoms with Crippen molar-refractivity contribution in [3.63, 3.8) is 0 Å². The summed E-state index contributed by atoms with van der Waals surface area (Å²) in [5, 5.41) is 4.25. The average Bonchev–Trinajstić information content (AvgIpc) is 2.52. The van der Waals surface area contributed by atoms with E-state index in [0.717, 1.165) is 31.4 Å². The van der Waals surface area contributed by atoms with E-state index in [0.29, 0.717) is 17.1 Å². The number of amides is 1. The van der Waals surface area contributed by atoms with Gasteiger partial charge in [-0.15, -0.1) is 0 Å². The molecule has 5 heteroatoms. The summed E-state index contributed by atoms with van der Waals surface area (Å²) in [5.74, 6) is 0.918. The van der Waals surface area contributed by atoms with Gasteiger partial charge in [0.15, 0.2) is 11.5 Å². The van der Waals surface area contributed by atoms with Gasteiger partial charge in [0.1, 0.15) is 0 Å². The Morgan fingerprint density at radius 2 is 1.83 bits per heavy atom. The first-order valence-corrected chi connectivity index (χ1v) is 8.22. The van der Waals surface area contributed by atoms with E-state index < -0.39 is 0 Å². The maximum Gasteiger partial charge on any atom is 0.271 e. The Hall–Kier alpha value is -2.04. The number of ether oxygens (including phenoxy) is 2. The van der Waals surface area contributed by atoms with E-state index >= 15 is 0 Å². The summed E-state index contributed by atoms with van der Waals surface area (Å²) in [4.78, 5) is 12.2. The highest BCUT2D eigenvalue weighted by molar-refractivity contribution is 5.96. The molecule has 0 atom stereocenters. The van der Waals surface area contributed by atoms with Crippen molar-refractivity contribution in [3.8, 4) is 11.5 Å². The summed E-state index contributed by atoms with van der Waals surface area (Å²) in [6.07, 6.45) is 3.88. The van der Waals surface area contributed by atoms with Crippen LogP contribution in [0, 0.1) is 0 Å². The fourth-order valence-corrected chi connectivity index (χ4v) is 2.17. The van der Waals surface area contributed by atoms with Gasteiger partial charge in [0.25, 0.3) is 5.91 Å². The molecule has 23 heavy (non-hydrogen) atoms. The highest BCUT2D eigenvalue weighted by Crippen LogP contribution is 2.28. The smallest absolute Gasteiger partial charge is 0.271 e. The number of methoxy groups -OCH3 is 1. The fourth-order valence-electron chi connectivity index (χ4n) is 2.17. The lowest BCUT2D eigenvalue weighted by atomic mass is 10.1. The normalized spacial score (nSPS) is 10.3. The molecule has 5 nitrogen and oxygen atoms in total. The highest BCUT2D eigenvalue weighted by Gasteiger charge is 2.12. The zero-order chi connectivity index (χ0) is 17.2. The monoisotopic (exact) mass is 320 g/mol. The molecule has 0 radical (unpaired) electrons. The molecule has 0 heterocycles. The highest BCUT2D eigenvalue weighted by atomic mass is 16.5. The van der Waals surface area contributed by atoms with E-state index in [-0.39, 0.29) is 12.0 Å². The van der Waals surface area contributed by atoms with Gasteiger partial charge >= 0.3 is 0 Å². The summed E-state index contributed by atoms with van der Waals surface area (Å²) in [6, 6.07) is 5.13. The van der Waals surface area contributed by atoms with Gasteiger partial charge in [0, 0.05) is 11.3 Å². The van der Waals surface area contributed by atoms with Crippen LogP contribution in [0.25, 0.3) is 0 Å². The van der Waals surface area contributed by atoms with Gasteiger partial charge in [-0.25, -0.2) is 5.43 Å². The lowest BCUT2D eigenvalue weighted by Crippen LogP contribution is -2.20. The van der Waals surface area contributed by atoms with E-state index in [2.05, 4.69) is 24.4 Å². The summed E-state index contributed by atoms with van der Waals surface area (Å²) >= 11 is 0. The summed E-state index contributed by atoms with van der Waals surface area (Å²) < 4.78 is 10.9. The van der Waals surface area contributed by atoms with Crippen molar-refractivity contribution in [2.75, 3.05) is 7.11 Å². The first-order chi connectivity index (χ1) is 11.0. The van der Waals surface area contributed by atoms with Crippen molar-refractivity contribution in [3.05, 3.63) is 23.8 Å². The van der Waals surface area contributed by atoms with Crippen LogP contribution in [-0.2, 0) is 0 Å². The Bertz CT molecular complexity index is 531. The largest absolute Gasteiger partial charge is 0.493 e. The average molecular weight is 320 g/mol. The molecule has 0 aliphatic carbocycles. The van der Waals surface area contributed by atoms with Crippen LogP contribution >= 0.6 is 0 Å². The van der Waals surface area contributed by atoms with Gasteiger partial charge in [-0.3, -0.25) is 4.79 Å². The van der Waals surface area contributed by atoms with Crippen LogP contribution in [0.2, 0.25) is 0 Å². The zero-order valence-corrected chi connectivity index (χ0v) is 14.8. The zero-order valence-electron chi connectivity index (χ0n) is 14.8. The predicted octanol–water partition coefficient (Wildman–Crippen LogP) is 4.17. The van der Waals surface area contributed by atoms with Crippen molar-refractivity contribution < 1.29 is 14.3 Å². The number of rotatable bonds is 9. The van der Waals surface area contributed by atoms with Crippen LogP contribution in [0.3, 0.4) is 0 Å². The topological polar surface area (TPSA) is 59.9 Å². The van der Waals surface area contributed by atoms with Crippen molar-refractivity contribution in [1.82, 2.24) is 5.43 Å². The minimum atomic E-state index is -0.246. The predicted molar refractivity (Wildman–Crippen MR) is 93.5 cm³/mol. The molecular formula is C18H28N2O3. The second kappa shape index (κ2) is 9.87. The van der Waals surface area contributed by atoms with Gasteiger partial charge in [-0.05, 0) is 44.9 Å². The van der Waals surface area contributed by atoms with E-state index in [9.17, 15) is 4.79 Å². The minimum Gasteiger partial charge on any atom is -0.493 e. The second-order valence-corrected chi connectivity index (χ2v) is 5.65. The molecule has 0 aromatic heterocycles. The lowest BCUT2D eigenvalue weighted by Gasteiger charge is -2.14. The number of nitrogens with zero attached hydrogens (tertiary/aromatic N) is 1. The van der Waals surface area contributed by atoms with Crippen LogP contribution in [0.1, 0.15) is 63.7 Å². The quantitative estimate of drug-likeness (QED) is 0.549. The maximum atomic E-state index is 12.2. The minimum absolute atomic E-state index is 0.0406. The van der Waals surface area contributed by atoms with E-state index in [1.54, 1.807) is 25.3 Å². The molecule has 0 unspecified atom stereocenters. The number of carbonyl (C=O) groups excluding carboxylic acids is 1. The summed E-state index contributed by atoms with van der Waals surface area (Å²) in [5.41, 5.74) is 4.15. The molecular weight excluding hydrogens is 292 g/mol. The molecule has 128 valence electrons. The molecule has 0 aliphatic rings. The number of carbonyl (C=O) groups is 1. The summed E-state index contributed by atoms with van der Waals surface area (Å²) in [6.45, 7) is 8.09. The standard InChI is InChI=1S/C18H28N2O3/c1-6-8-15(9-7-2)19-20-18(21)14-10-11-16(23-13(3)4)17(12-14)22-5/h10-13H,6-9H2,1-5H3,(H,20,21). The number of hydrazone groups is 1. The molecule has 0 fully saturated rings. The van der Waals surface area contributed by atoms with Gasteiger partial charge < -0.3 is 9.47 Å². The molecule has 1 N–H and O–H groups in total. The Kier molecular flexibility index (Phi) is 8.16. The van der Waals surface area contributed by atoms with E-state index in [1.165, 1.54) is 0 Å². The molecule has 0 aliphatic heterocycles. The third kappa shape index (κ3) is 6.30. The Labute approximate surface area is 139 Å². The molecule has 0 saturated carbocycles. The summed E-state index contributed by atoms with van der Waals surface area (Å²) in [7, 11) is 1.56. The van der Waals surface area contributed by atoms with Crippen LogP contribution in [0.5, 0.6) is 11.5 Å². The van der Waals surface area contributed by atoms with Gasteiger partial charge in [0.2, 0.25) is 0 Å². The molecule has 0 spiro atoms. The number of benzene rings is 1. The van der Waals surface area contributed by atoms with E-state index in [1.807, 2.05) is 13.8 Å². The van der Waals surface area contributed by atoms with Crippen LogP contribution in [0.15, 0.2) is 23.3 Å². The number of nitrogens with one attached hydrogen (secondary N) is 1. The lowest BCUT2D eigenvalue weighted by molar-refractivity contribution is 0.0954. The van der Waals surface area contributed by atoms with Crippen molar-refractivity contribution >= 4 is 11.6 Å². The Balaban J connectivity index is 2.85. The fraction of sp³-hybridized carbons (Fsp3) is 0.556. The van der Waals surface area contributed by atoms with Gasteiger partial charge in [0.05, 0.1) is 13.2 Å². The molecule has 1 aromatic carbocycles. The van der Waals surface area contributed by atoms with Gasteiger partial charge in [-0.2, -0.15) is 5.10 Å². The number of hydrogen-bond acceptors (Lipinski definition) is 4. The molecule has 1 aromatic rings. The molecule has 1 amide bonds. The van der Waals surface area contributed by atoms with Crippen LogP contribution in [-0.4, -0.2) is 24.8 Å². The Morgan fingerprint density at radius 1 is 1.17 bits per heavy atom. The molecule has 0 saturated heterocycles. The first-order valence-electron chi connectivity index (χ1n) is 8.22. The Morgan fingerprint density at radius 3 is 2.35 bits per heavy atom. The van der Waals surface area contributed by atoms with Crippen LogP contribution < -0.4 is 14.9 Å². The van der Waals surface area contributed by atoms with Crippen LogP contribution in [0.4, 0.5) is 0 Å². The molecule has 0 bridgehead atoms. The van der Waals surface area contributed by atoms with Crippen molar-refractivity contribution in [1.29, 1.82) is 0 Å². The third-order valence-electron chi connectivity index (χ3n) is 3.18. The molecule has 1 rings (SSSR count). The third-order valence-corrected chi connectivity index (χ3v) is 3.18. The maximum absolute atomic E-state index is 12.2. The van der Waals surface area contributed by atoms with Gasteiger partial charge in [-0.1, -0.05) is 26.7 Å².